The molecule has 1 saturated carbocycles. The van der Waals surface area contributed by atoms with Gasteiger partial charge in [0, 0.05) is 5.41 Å². The number of hydrogen-bond donors (Lipinski definition) is 0. The summed E-state index contributed by atoms with van der Waals surface area (Å²) < 4.78 is 0. The molecule has 1 fully saturated rings. The Bertz CT molecular complexity index is 246. The fraction of sp³-hybridized carbons (Fsp3) is 0.625. The lowest BCUT2D eigenvalue weighted by atomic mass is 10.1. The zero-order chi connectivity index (χ0) is 6.70. The average molecular weight is 119 g/mol. The molecule has 1 nitrogen and oxygen atoms in total. The Morgan fingerprint density at radius 1 is 1.78 bits per heavy atom. The van der Waals surface area contributed by atoms with E-state index in [2.05, 4.69) is 19.1 Å². The second-order valence-corrected chi connectivity index (χ2v) is 3.42. The monoisotopic (exact) mass is 119 g/mol. The normalized spacial score (nSPS) is 52.3. The standard InChI is InChI=1S/C8H9N/c1-6-3-8(6)4-7(8,2)5-9/h3H,4H2,1-2H3. The van der Waals surface area contributed by atoms with Gasteiger partial charge in [-0.2, -0.15) is 5.26 Å². The molecule has 0 aromatic carbocycles. The highest BCUT2D eigenvalue weighted by Gasteiger charge is 2.71. The van der Waals surface area contributed by atoms with Crippen LogP contribution in [0.4, 0.5) is 0 Å². The fourth-order valence-corrected chi connectivity index (χ4v) is 1.77. The summed E-state index contributed by atoms with van der Waals surface area (Å²) in [5.74, 6) is 0. The van der Waals surface area contributed by atoms with Crippen LogP contribution >= 0.6 is 0 Å². The summed E-state index contributed by atoms with van der Waals surface area (Å²) >= 11 is 0. The second-order valence-electron chi connectivity index (χ2n) is 3.42. The first-order valence-electron chi connectivity index (χ1n) is 3.26. The van der Waals surface area contributed by atoms with E-state index >= 15 is 0 Å². The van der Waals surface area contributed by atoms with E-state index in [0.29, 0.717) is 5.41 Å². The Morgan fingerprint density at radius 3 is 2.44 bits per heavy atom. The maximum Gasteiger partial charge on any atom is 0.0699 e. The van der Waals surface area contributed by atoms with Crippen molar-refractivity contribution in [3.63, 3.8) is 0 Å². The van der Waals surface area contributed by atoms with E-state index in [9.17, 15) is 0 Å². The summed E-state index contributed by atoms with van der Waals surface area (Å²) in [5.41, 5.74) is 1.70. The molecule has 9 heavy (non-hydrogen) atoms. The predicted molar refractivity (Wildman–Crippen MR) is 34.5 cm³/mol. The van der Waals surface area contributed by atoms with Gasteiger partial charge in [0.15, 0.2) is 0 Å². The molecule has 0 amide bonds. The van der Waals surface area contributed by atoms with Gasteiger partial charge in [0.2, 0.25) is 0 Å². The Hall–Kier alpha value is -0.770. The van der Waals surface area contributed by atoms with Crippen LogP contribution in [0.25, 0.3) is 0 Å². The molecule has 0 radical (unpaired) electrons. The van der Waals surface area contributed by atoms with Crippen molar-refractivity contribution in [1.29, 1.82) is 5.26 Å². The Kier molecular flexibility index (Phi) is 0.530. The van der Waals surface area contributed by atoms with Gasteiger partial charge in [-0.25, -0.2) is 0 Å². The van der Waals surface area contributed by atoms with Crippen molar-refractivity contribution in [3.05, 3.63) is 11.6 Å². The maximum absolute atomic E-state index is 8.68. The minimum Gasteiger partial charge on any atom is -0.198 e. The first-order valence-corrected chi connectivity index (χ1v) is 3.26. The molecule has 0 saturated heterocycles. The van der Waals surface area contributed by atoms with Crippen molar-refractivity contribution >= 4 is 0 Å². The smallest absolute Gasteiger partial charge is 0.0699 e. The van der Waals surface area contributed by atoms with Crippen LogP contribution in [0.3, 0.4) is 0 Å². The van der Waals surface area contributed by atoms with Gasteiger partial charge in [-0.1, -0.05) is 11.6 Å². The minimum atomic E-state index is -0.0168. The van der Waals surface area contributed by atoms with E-state index in [0.717, 1.165) is 6.42 Å². The third kappa shape index (κ3) is 0.337. The van der Waals surface area contributed by atoms with Crippen LogP contribution in [-0.2, 0) is 0 Å². The van der Waals surface area contributed by atoms with Crippen molar-refractivity contribution in [2.24, 2.45) is 10.8 Å². The molecule has 1 spiro atoms. The van der Waals surface area contributed by atoms with Crippen molar-refractivity contribution in [2.75, 3.05) is 0 Å². The fourth-order valence-electron chi connectivity index (χ4n) is 1.77. The molecule has 0 N–H and O–H groups in total. The number of hydrogen-bond acceptors (Lipinski definition) is 1. The zero-order valence-corrected chi connectivity index (χ0v) is 5.73. The first-order chi connectivity index (χ1) is 4.15. The van der Waals surface area contributed by atoms with Crippen LogP contribution in [-0.4, -0.2) is 0 Å². The quantitative estimate of drug-likeness (QED) is 0.446. The SMILES string of the molecule is CC1=CC12CC2(C)C#N. The molecule has 2 rings (SSSR count). The van der Waals surface area contributed by atoms with Gasteiger partial charge in [-0.05, 0) is 20.3 Å². The highest BCUT2D eigenvalue weighted by molar-refractivity contribution is 5.53. The summed E-state index contributed by atoms with van der Waals surface area (Å²) in [7, 11) is 0. The number of allylic oxidation sites excluding steroid dienone is 2. The van der Waals surface area contributed by atoms with Crippen LogP contribution in [0.5, 0.6) is 0 Å². The molecule has 2 atom stereocenters. The third-order valence-electron chi connectivity index (χ3n) is 2.82. The highest BCUT2D eigenvalue weighted by Crippen LogP contribution is 2.76. The van der Waals surface area contributed by atoms with Gasteiger partial charge in [0.1, 0.15) is 0 Å². The molecule has 46 valence electrons. The lowest BCUT2D eigenvalue weighted by Gasteiger charge is -1.94. The summed E-state index contributed by atoms with van der Waals surface area (Å²) in [6.07, 6.45) is 3.29. The maximum atomic E-state index is 8.68. The molecule has 2 unspecified atom stereocenters. The number of nitrogens with zero attached hydrogens (tertiary/aromatic N) is 1. The average Bonchev–Trinajstić information content (AvgIpc) is 2.58. The van der Waals surface area contributed by atoms with Gasteiger partial charge in [-0.3, -0.25) is 0 Å². The number of rotatable bonds is 0. The molecular formula is C8H9N. The second kappa shape index (κ2) is 0.945. The lowest BCUT2D eigenvalue weighted by Crippen LogP contribution is -1.94. The molecule has 0 heterocycles. The van der Waals surface area contributed by atoms with Gasteiger partial charge in [-0.15, -0.1) is 0 Å². The Labute approximate surface area is 55.0 Å². The molecule has 1 heteroatoms. The van der Waals surface area contributed by atoms with Crippen LogP contribution in [0.2, 0.25) is 0 Å². The van der Waals surface area contributed by atoms with E-state index in [1.54, 1.807) is 0 Å². The lowest BCUT2D eigenvalue weighted by molar-refractivity contribution is 0.663. The molecule has 0 aromatic heterocycles. The Morgan fingerprint density at radius 2 is 2.33 bits per heavy atom. The van der Waals surface area contributed by atoms with Crippen molar-refractivity contribution in [2.45, 2.75) is 20.3 Å². The zero-order valence-electron chi connectivity index (χ0n) is 5.73. The van der Waals surface area contributed by atoms with Gasteiger partial charge in [0.25, 0.3) is 0 Å². The van der Waals surface area contributed by atoms with Gasteiger partial charge in [0.05, 0.1) is 11.5 Å². The van der Waals surface area contributed by atoms with Crippen LogP contribution in [0, 0.1) is 22.2 Å². The molecule has 0 bridgehead atoms. The summed E-state index contributed by atoms with van der Waals surface area (Å²) in [6, 6.07) is 2.35. The van der Waals surface area contributed by atoms with Crippen molar-refractivity contribution in [1.82, 2.24) is 0 Å². The molecule has 0 aromatic rings. The van der Waals surface area contributed by atoms with Crippen LogP contribution < -0.4 is 0 Å². The van der Waals surface area contributed by atoms with E-state index in [1.807, 2.05) is 6.92 Å². The topological polar surface area (TPSA) is 23.8 Å². The third-order valence-corrected chi connectivity index (χ3v) is 2.82. The molecule has 2 aliphatic carbocycles. The van der Waals surface area contributed by atoms with Crippen LogP contribution in [0.15, 0.2) is 11.6 Å². The predicted octanol–water partition coefficient (Wildman–Crippen LogP) is 1.87. The van der Waals surface area contributed by atoms with E-state index in [4.69, 9.17) is 5.26 Å². The minimum absolute atomic E-state index is 0.0168. The van der Waals surface area contributed by atoms with Gasteiger partial charge >= 0.3 is 0 Å². The van der Waals surface area contributed by atoms with E-state index in [-0.39, 0.29) is 5.41 Å². The van der Waals surface area contributed by atoms with Gasteiger partial charge < -0.3 is 0 Å². The molecule has 2 aliphatic rings. The van der Waals surface area contributed by atoms with Crippen molar-refractivity contribution in [3.8, 4) is 6.07 Å². The first kappa shape index (κ1) is 5.05. The summed E-state index contributed by atoms with van der Waals surface area (Å²) in [5, 5.41) is 8.68. The summed E-state index contributed by atoms with van der Waals surface area (Å²) in [4.78, 5) is 0. The number of nitriles is 1. The Balaban J connectivity index is 2.24. The molecule has 0 aliphatic heterocycles. The largest absolute Gasteiger partial charge is 0.198 e. The summed E-state index contributed by atoms with van der Waals surface area (Å²) in [6.45, 7) is 4.16. The highest BCUT2D eigenvalue weighted by atomic mass is 14.7. The van der Waals surface area contributed by atoms with E-state index in [1.165, 1.54) is 5.57 Å². The van der Waals surface area contributed by atoms with Crippen molar-refractivity contribution < 1.29 is 0 Å². The van der Waals surface area contributed by atoms with Crippen LogP contribution in [0.1, 0.15) is 20.3 Å². The van der Waals surface area contributed by atoms with E-state index < -0.39 is 0 Å². The molecular weight excluding hydrogens is 110 g/mol.